The molecule has 1 aromatic rings. The van der Waals surface area contributed by atoms with Crippen molar-refractivity contribution in [3.63, 3.8) is 0 Å². The van der Waals surface area contributed by atoms with Crippen molar-refractivity contribution < 1.29 is 9.90 Å². The Balaban J connectivity index is 1.72. The Morgan fingerprint density at radius 3 is 2.81 bits per heavy atom. The second-order valence-electron chi connectivity index (χ2n) is 6.10. The number of aliphatic hydroxyl groups excluding tert-OH is 1. The van der Waals surface area contributed by atoms with Crippen molar-refractivity contribution in [3.05, 3.63) is 29.3 Å². The number of hydrogen-bond donors (Lipinski definition) is 1. The van der Waals surface area contributed by atoms with Crippen LogP contribution in [0.5, 0.6) is 0 Å². The summed E-state index contributed by atoms with van der Waals surface area (Å²) in [7, 11) is 0. The molecule has 4 nitrogen and oxygen atoms in total. The maximum absolute atomic E-state index is 12.7. The Morgan fingerprint density at radius 2 is 2.10 bits per heavy atom. The van der Waals surface area contributed by atoms with Gasteiger partial charge in [-0.3, -0.25) is 9.69 Å². The summed E-state index contributed by atoms with van der Waals surface area (Å²) >= 11 is 6.01. The van der Waals surface area contributed by atoms with E-state index in [2.05, 4.69) is 11.8 Å². The van der Waals surface area contributed by atoms with E-state index in [0.717, 1.165) is 25.1 Å². The third kappa shape index (κ3) is 2.93. The van der Waals surface area contributed by atoms with Crippen LogP contribution in [0.15, 0.2) is 24.3 Å². The number of likely N-dealkylation sites (tertiary alicyclic amines) is 1. The molecule has 3 unspecified atom stereocenters. The first kappa shape index (κ1) is 14.8. The fourth-order valence-electron chi connectivity index (χ4n) is 3.26. The van der Waals surface area contributed by atoms with Crippen LogP contribution in [0.1, 0.15) is 19.8 Å². The number of amides is 1. The number of β-amino-alcohol motifs (C(OH)–C–C–N with tert-alkyl or cyclic N) is 1. The van der Waals surface area contributed by atoms with Crippen molar-refractivity contribution in [2.45, 2.75) is 31.9 Å². The second kappa shape index (κ2) is 5.95. The summed E-state index contributed by atoms with van der Waals surface area (Å²) in [6.07, 6.45) is 1.43. The molecule has 114 valence electrons. The highest BCUT2D eigenvalue weighted by atomic mass is 35.5. The largest absolute Gasteiger partial charge is 0.392 e. The molecule has 3 atom stereocenters. The van der Waals surface area contributed by atoms with Crippen molar-refractivity contribution in [1.29, 1.82) is 0 Å². The topological polar surface area (TPSA) is 43.8 Å². The van der Waals surface area contributed by atoms with Gasteiger partial charge in [-0.05, 0) is 43.5 Å². The van der Waals surface area contributed by atoms with Crippen LogP contribution >= 0.6 is 11.6 Å². The van der Waals surface area contributed by atoms with E-state index in [1.807, 2.05) is 24.3 Å². The Bertz CT molecular complexity index is 537. The lowest BCUT2D eigenvalue weighted by atomic mass is 9.94. The molecule has 0 bridgehead atoms. The lowest BCUT2D eigenvalue weighted by Gasteiger charge is -2.37. The standard InChI is InChI=1S/C16H21ClN2O2/c1-11-5-7-18(10-15(11)20)14-6-8-19(16(14)21)13-4-2-3-12(17)9-13/h2-4,9,11,14-15,20H,5-8,10H2,1H3. The van der Waals surface area contributed by atoms with Gasteiger partial charge >= 0.3 is 0 Å². The normalized spacial score (nSPS) is 30.9. The fraction of sp³-hybridized carbons (Fsp3) is 0.562. The zero-order chi connectivity index (χ0) is 15.0. The zero-order valence-corrected chi connectivity index (χ0v) is 13.0. The number of piperidine rings is 1. The van der Waals surface area contributed by atoms with Crippen LogP contribution < -0.4 is 4.90 Å². The Kier molecular flexibility index (Phi) is 4.20. The van der Waals surface area contributed by atoms with Crippen LogP contribution in [0, 0.1) is 5.92 Å². The van der Waals surface area contributed by atoms with E-state index in [9.17, 15) is 9.90 Å². The summed E-state index contributed by atoms with van der Waals surface area (Å²) in [4.78, 5) is 16.6. The van der Waals surface area contributed by atoms with Crippen molar-refractivity contribution >= 4 is 23.2 Å². The minimum atomic E-state index is -0.327. The molecule has 1 N–H and O–H groups in total. The summed E-state index contributed by atoms with van der Waals surface area (Å²) < 4.78 is 0. The Morgan fingerprint density at radius 1 is 1.29 bits per heavy atom. The molecule has 5 heteroatoms. The molecule has 0 saturated carbocycles. The highest BCUT2D eigenvalue weighted by Gasteiger charge is 2.39. The van der Waals surface area contributed by atoms with E-state index >= 15 is 0 Å². The fourth-order valence-corrected chi connectivity index (χ4v) is 3.45. The predicted molar refractivity (Wildman–Crippen MR) is 83.6 cm³/mol. The van der Waals surface area contributed by atoms with E-state index in [0.29, 0.717) is 24.0 Å². The Labute approximate surface area is 130 Å². The summed E-state index contributed by atoms with van der Waals surface area (Å²) in [5, 5.41) is 10.7. The van der Waals surface area contributed by atoms with E-state index in [1.54, 1.807) is 4.90 Å². The van der Waals surface area contributed by atoms with Crippen LogP contribution in [-0.4, -0.2) is 47.7 Å². The highest BCUT2D eigenvalue weighted by Crippen LogP contribution is 2.28. The number of anilines is 1. The maximum atomic E-state index is 12.7. The molecular weight excluding hydrogens is 288 g/mol. The quantitative estimate of drug-likeness (QED) is 0.910. The average Bonchev–Trinajstić information content (AvgIpc) is 2.84. The second-order valence-corrected chi connectivity index (χ2v) is 6.54. The molecule has 2 fully saturated rings. The molecule has 2 heterocycles. The van der Waals surface area contributed by atoms with Gasteiger partial charge in [-0.15, -0.1) is 0 Å². The number of hydrogen-bond acceptors (Lipinski definition) is 3. The number of carbonyl (C=O) groups excluding carboxylic acids is 1. The van der Waals surface area contributed by atoms with Gasteiger partial charge in [-0.2, -0.15) is 0 Å². The average molecular weight is 309 g/mol. The molecule has 0 aliphatic carbocycles. The molecule has 0 aromatic heterocycles. The van der Waals surface area contributed by atoms with Crippen molar-refractivity contribution in [1.82, 2.24) is 4.90 Å². The lowest BCUT2D eigenvalue weighted by Crippen LogP contribution is -2.50. The SMILES string of the molecule is CC1CCN(C2CCN(c3cccc(Cl)c3)C2=O)CC1O. The van der Waals surface area contributed by atoms with Crippen LogP contribution in [0.2, 0.25) is 5.02 Å². The van der Waals surface area contributed by atoms with Gasteiger partial charge in [0.25, 0.3) is 0 Å². The van der Waals surface area contributed by atoms with Crippen LogP contribution in [0.4, 0.5) is 5.69 Å². The van der Waals surface area contributed by atoms with Crippen molar-refractivity contribution in [2.24, 2.45) is 5.92 Å². The van der Waals surface area contributed by atoms with Gasteiger partial charge in [0.15, 0.2) is 0 Å². The van der Waals surface area contributed by atoms with E-state index in [4.69, 9.17) is 11.6 Å². The van der Waals surface area contributed by atoms with Gasteiger partial charge in [0, 0.05) is 23.8 Å². The summed E-state index contributed by atoms with van der Waals surface area (Å²) in [5.41, 5.74) is 0.862. The van der Waals surface area contributed by atoms with Gasteiger partial charge in [0.1, 0.15) is 0 Å². The zero-order valence-electron chi connectivity index (χ0n) is 12.2. The lowest BCUT2D eigenvalue weighted by molar-refractivity contribution is -0.123. The van der Waals surface area contributed by atoms with Gasteiger partial charge in [-0.1, -0.05) is 24.6 Å². The number of rotatable bonds is 2. The van der Waals surface area contributed by atoms with Gasteiger partial charge < -0.3 is 10.0 Å². The third-order valence-electron chi connectivity index (χ3n) is 4.69. The highest BCUT2D eigenvalue weighted by molar-refractivity contribution is 6.30. The van der Waals surface area contributed by atoms with Gasteiger partial charge in [0.2, 0.25) is 5.91 Å². The third-order valence-corrected chi connectivity index (χ3v) is 4.92. The first-order valence-corrected chi connectivity index (χ1v) is 7.93. The van der Waals surface area contributed by atoms with Crippen molar-refractivity contribution in [2.75, 3.05) is 24.5 Å². The van der Waals surface area contributed by atoms with Crippen molar-refractivity contribution in [3.8, 4) is 0 Å². The first-order valence-electron chi connectivity index (χ1n) is 7.55. The van der Waals surface area contributed by atoms with Crippen LogP contribution in [0.3, 0.4) is 0 Å². The molecule has 1 aromatic carbocycles. The minimum Gasteiger partial charge on any atom is -0.392 e. The molecular formula is C16H21ClN2O2. The number of benzene rings is 1. The van der Waals surface area contributed by atoms with Crippen LogP contribution in [-0.2, 0) is 4.79 Å². The Hall–Kier alpha value is -1.10. The summed E-state index contributed by atoms with van der Waals surface area (Å²) in [5.74, 6) is 0.445. The molecule has 21 heavy (non-hydrogen) atoms. The smallest absolute Gasteiger partial charge is 0.244 e. The van der Waals surface area contributed by atoms with Crippen LogP contribution in [0.25, 0.3) is 0 Å². The van der Waals surface area contributed by atoms with E-state index in [-0.39, 0.29) is 18.1 Å². The summed E-state index contributed by atoms with van der Waals surface area (Å²) in [6.45, 7) is 4.27. The molecule has 1 amide bonds. The summed E-state index contributed by atoms with van der Waals surface area (Å²) in [6, 6.07) is 7.32. The molecule has 0 spiro atoms. The van der Waals surface area contributed by atoms with Gasteiger partial charge in [0.05, 0.1) is 12.1 Å². The molecule has 0 radical (unpaired) electrons. The van der Waals surface area contributed by atoms with Gasteiger partial charge in [-0.25, -0.2) is 0 Å². The molecule has 2 saturated heterocycles. The molecule has 2 aliphatic rings. The number of nitrogens with zero attached hydrogens (tertiary/aromatic N) is 2. The predicted octanol–water partition coefficient (Wildman–Crippen LogP) is 2.15. The maximum Gasteiger partial charge on any atom is 0.244 e. The number of carbonyl (C=O) groups is 1. The first-order chi connectivity index (χ1) is 10.1. The number of halogens is 1. The van der Waals surface area contributed by atoms with E-state index in [1.165, 1.54) is 0 Å². The minimum absolute atomic E-state index is 0.105. The van der Waals surface area contributed by atoms with E-state index < -0.39 is 0 Å². The number of aliphatic hydroxyl groups is 1. The molecule has 2 aliphatic heterocycles. The monoisotopic (exact) mass is 308 g/mol. The molecule has 3 rings (SSSR count).